The molecule has 0 unspecified atom stereocenters. The van der Waals surface area contributed by atoms with Gasteiger partial charge in [-0.05, 0) is 18.2 Å². The average molecular weight is 382 g/mol. The molecule has 0 fully saturated rings. The Hall–Kier alpha value is -3.07. The molecule has 0 bridgehead atoms. The van der Waals surface area contributed by atoms with Gasteiger partial charge >= 0.3 is 6.18 Å². The number of hydrogen-bond acceptors (Lipinski definition) is 4. The van der Waals surface area contributed by atoms with Crippen LogP contribution in [0.2, 0.25) is 5.02 Å². The number of anilines is 1. The van der Waals surface area contributed by atoms with Gasteiger partial charge in [0.2, 0.25) is 0 Å². The van der Waals surface area contributed by atoms with Crippen molar-refractivity contribution in [3.63, 3.8) is 0 Å². The fourth-order valence-corrected chi connectivity index (χ4v) is 2.63. The zero-order valence-corrected chi connectivity index (χ0v) is 13.7. The zero-order chi connectivity index (χ0) is 19.1. The Bertz CT molecular complexity index is 1000. The van der Waals surface area contributed by atoms with E-state index in [1.807, 2.05) is 0 Å². The zero-order valence-electron chi connectivity index (χ0n) is 13.0. The van der Waals surface area contributed by atoms with Crippen LogP contribution >= 0.6 is 11.6 Å². The number of aromatic nitrogens is 3. The minimum Gasteiger partial charge on any atom is -0.384 e. The van der Waals surface area contributed by atoms with Gasteiger partial charge in [0.15, 0.2) is 0 Å². The number of halogens is 4. The van der Waals surface area contributed by atoms with Crippen molar-refractivity contribution in [1.82, 2.24) is 14.5 Å². The van der Waals surface area contributed by atoms with Crippen molar-refractivity contribution in [2.24, 2.45) is 5.73 Å². The quantitative estimate of drug-likeness (QED) is 0.727. The Labute approximate surface area is 150 Å². The largest absolute Gasteiger partial charge is 0.416 e. The fraction of sp³-hybridized carbons (Fsp3) is 0.0625. The number of hydrogen-bond donors (Lipinski definition) is 2. The van der Waals surface area contributed by atoms with E-state index in [1.54, 1.807) is 0 Å². The highest BCUT2D eigenvalue weighted by atomic mass is 35.5. The predicted molar refractivity (Wildman–Crippen MR) is 89.7 cm³/mol. The minimum absolute atomic E-state index is 0.0107. The molecule has 0 saturated heterocycles. The van der Waals surface area contributed by atoms with Crippen molar-refractivity contribution in [1.29, 1.82) is 0 Å². The Morgan fingerprint density at radius 3 is 2.46 bits per heavy atom. The van der Waals surface area contributed by atoms with Crippen molar-refractivity contribution < 1.29 is 18.0 Å². The van der Waals surface area contributed by atoms with Crippen molar-refractivity contribution in [3.8, 4) is 16.9 Å². The molecule has 4 N–H and O–H groups in total. The second-order valence-electron chi connectivity index (χ2n) is 5.35. The summed E-state index contributed by atoms with van der Waals surface area (Å²) in [5.41, 5.74) is 10.2. The third kappa shape index (κ3) is 3.33. The molecule has 2 heterocycles. The molecule has 0 saturated carbocycles. The molecule has 0 spiro atoms. The topological polar surface area (TPSA) is 99.8 Å². The number of nitrogens with zero attached hydrogens (tertiary/aromatic N) is 3. The van der Waals surface area contributed by atoms with Crippen LogP contribution in [0, 0.1) is 0 Å². The highest BCUT2D eigenvalue weighted by Gasteiger charge is 2.31. The Kier molecular flexibility index (Phi) is 4.33. The van der Waals surface area contributed by atoms with E-state index in [9.17, 15) is 18.0 Å². The Morgan fingerprint density at radius 2 is 1.85 bits per heavy atom. The van der Waals surface area contributed by atoms with Gasteiger partial charge in [-0.1, -0.05) is 11.6 Å². The van der Waals surface area contributed by atoms with E-state index < -0.39 is 17.6 Å². The highest BCUT2D eigenvalue weighted by Crippen LogP contribution is 2.37. The van der Waals surface area contributed by atoms with Gasteiger partial charge in [0.05, 0.1) is 11.1 Å². The summed E-state index contributed by atoms with van der Waals surface area (Å²) >= 11 is 6.06. The van der Waals surface area contributed by atoms with Crippen molar-refractivity contribution in [2.75, 3.05) is 5.73 Å². The molecule has 0 aliphatic carbocycles. The number of rotatable bonds is 3. The third-order valence-electron chi connectivity index (χ3n) is 3.61. The number of alkyl halides is 3. The molecular formula is C16H11ClF3N5O. The molecule has 6 nitrogen and oxygen atoms in total. The van der Waals surface area contributed by atoms with Crippen LogP contribution in [0.3, 0.4) is 0 Å². The second kappa shape index (κ2) is 6.34. The summed E-state index contributed by atoms with van der Waals surface area (Å²) in [5, 5.41) is 0.0421. The number of carbonyl (C=O) groups excluding carboxylic acids is 1. The lowest BCUT2D eigenvalue weighted by Crippen LogP contribution is -2.11. The lowest BCUT2D eigenvalue weighted by Gasteiger charge is -2.10. The van der Waals surface area contributed by atoms with Crippen LogP contribution < -0.4 is 11.5 Å². The molecule has 3 aromatic rings. The van der Waals surface area contributed by atoms with Crippen LogP contribution in [0.4, 0.5) is 19.0 Å². The van der Waals surface area contributed by atoms with Gasteiger partial charge in [0.25, 0.3) is 5.91 Å². The van der Waals surface area contributed by atoms with Gasteiger partial charge < -0.3 is 16.0 Å². The molecule has 0 aliphatic heterocycles. The summed E-state index contributed by atoms with van der Waals surface area (Å²) in [6, 6.07) is 4.27. The molecule has 1 amide bonds. The maximum absolute atomic E-state index is 13.0. The highest BCUT2D eigenvalue weighted by molar-refractivity contribution is 6.33. The number of carbonyl (C=O) groups is 1. The molecule has 3 rings (SSSR count). The van der Waals surface area contributed by atoms with Crippen LogP contribution in [0.15, 0.2) is 43.0 Å². The molecule has 0 aliphatic rings. The minimum atomic E-state index is -4.56. The van der Waals surface area contributed by atoms with Crippen LogP contribution in [-0.2, 0) is 6.18 Å². The number of primary amides is 1. The third-order valence-corrected chi connectivity index (χ3v) is 3.94. The predicted octanol–water partition coefficient (Wildman–Crippen LogP) is 3.29. The van der Waals surface area contributed by atoms with E-state index in [2.05, 4.69) is 9.97 Å². The molecule has 1 aromatic carbocycles. The first-order valence-corrected chi connectivity index (χ1v) is 7.51. The Balaban J connectivity index is 2.21. The standard InChI is InChI=1S/C16H11ClF3N5O/c17-12-2-1-8(16(18,19)20)3-9(12)10-5-25(6-11(10)15(22)26)14-4-13(21)23-7-24-14/h1-7H,(H2,22,26)(H2,21,23,24). The fourth-order valence-electron chi connectivity index (χ4n) is 2.41. The normalized spacial score (nSPS) is 11.5. The first kappa shape index (κ1) is 17.7. The molecular weight excluding hydrogens is 371 g/mol. The summed E-state index contributed by atoms with van der Waals surface area (Å²) in [6.07, 6.45) is -0.597. The van der Waals surface area contributed by atoms with E-state index in [4.69, 9.17) is 23.1 Å². The summed E-state index contributed by atoms with van der Waals surface area (Å²) in [5.74, 6) is -0.327. The van der Waals surface area contributed by atoms with Crippen LogP contribution in [0.1, 0.15) is 15.9 Å². The molecule has 0 radical (unpaired) electrons. The van der Waals surface area contributed by atoms with E-state index in [0.29, 0.717) is 5.82 Å². The van der Waals surface area contributed by atoms with Gasteiger partial charge in [-0.25, -0.2) is 9.97 Å². The molecule has 10 heteroatoms. The molecule has 134 valence electrons. The number of nitrogen functional groups attached to an aromatic ring is 1. The summed E-state index contributed by atoms with van der Waals surface area (Å²) in [4.78, 5) is 19.5. The SMILES string of the molecule is NC(=O)c1cn(-c2cc(N)ncn2)cc1-c1cc(C(F)(F)F)ccc1Cl. The average Bonchev–Trinajstić information content (AvgIpc) is 2.99. The molecule has 2 aromatic heterocycles. The second-order valence-corrected chi connectivity index (χ2v) is 5.76. The van der Waals surface area contributed by atoms with Crippen molar-refractivity contribution >= 4 is 23.3 Å². The Morgan fingerprint density at radius 1 is 1.12 bits per heavy atom. The maximum atomic E-state index is 13.0. The van der Waals surface area contributed by atoms with Crippen molar-refractivity contribution in [2.45, 2.75) is 6.18 Å². The van der Waals surface area contributed by atoms with Gasteiger partial charge in [0.1, 0.15) is 18.0 Å². The first-order chi connectivity index (χ1) is 12.2. The monoisotopic (exact) mass is 381 g/mol. The van der Waals surface area contributed by atoms with Crippen LogP contribution in [0.25, 0.3) is 16.9 Å². The summed E-state index contributed by atoms with van der Waals surface area (Å²) < 4.78 is 40.5. The lowest BCUT2D eigenvalue weighted by molar-refractivity contribution is -0.137. The van der Waals surface area contributed by atoms with E-state index in [1.165, 1.54) is 29.4 Å². The molecule has 26 heavy (non-hydrogen) atoms. The van der Waals surface area contributed by atoms with Gasteiger partial charge in [-0.15, -0.1) is 0 Å². The maximum Gasteiger partial charge on any atom is 0.416 e. The van der Waals surface area contributed by atoms with Gasteiger partial charge in [-0.3, -0.25) is 4.79 Å². The number of benzene rings is 1. The van der Waals surface area contributed by atoms with Crippen molar-refractivity contribution in [3.05, 3.63) is 59.1 Å². The van der Waals surface area contributed by atoms with Crippen LogP contribution in [0.5, 0.6) is 0 Å². The van der Waals surface area contributed by atoms with E-state index >= 15 is 0 Å². The van der Waals surface area contributed by atoms with Gasteiger partial charge in [0, 0.05) is 34.6 Å². The lowest BCUT2D eigenvalue weighted by atomic mass is 10.0. The van der Waals surface area contributed by atoms with E-state index in [-0.39, 0.29) is 27.5 Å². The van der Waals surface area contributed by atoms with Crippen LogP contribution in [-0.4, -0.2) is 20.4 Å². The smallest absolute Gasteiger partial charge is 0.384 e. The van der Waals surface area contributed by atoms with E-state index in [0.717, 1.165) is 18.2 Å². The van der Waals surface area contributed by atoms with Gasteiger partial charge in [-0.2, -0.15) is 13.2 Å². The number of nitrogens with two attached hydrogens (primary N) is 2. The molecule has 0 atom stereocenters. The summed E-state index contributed by atoms with van der Waals surface area (Å²) in [6.45, 7) is 0. The summed E-state index contributed by atoms with van der Waals surface area (Å²) in [7, 11) is 0. The first-order valence-electron chi connectivity index (χ1n) is 7.13. The number of amides is 1.